The van der Waals surface area contributed by atoms with Crippen LogP contribution in [0.2, 0.25) is 5.02 Å². The van der Waals surface area contributed by atoms with Crippen LogP contribution in [0.25, 0.3) is 0 Å². The molecule has 72 valence electrons. The number of nitrogens with two attached hydrogens (primary N) is 1. The maximum absolute atomic E-state index is 5.99. The van der Waals surface area contributed by atoms with Crippen LogP contribution in [-0.4, -0.2) is 0 Å². The molecule has 3 heteroatoms. The summed E-state index contributed by atoms with van der Waals surface area (Å²) in [6, 6.07) is 5.80. The Morgan fingerprint density at radius 2 is 2.23 bits per heavy atom. The second kappa shape index (κ2) is 4.99. The predicted octanol–water partition coefficient (Wildman–Crippen LogP) is 3.90. The molecule has 0 aromatic heterocycles. The van der Waals surface area contributed by atoms with Gasteiger partial charge in [-0.1, -0.05) is 40.9 Å². The van der Waals surface area contributed by atoms with Crippen LogP contribution in [0.4, 0.5) is 0 Å². The van der Waals surface area contributed by atoms with Crippen molar-refractivity contribution >= 4 is 27.5 Å². The largest absolute Gasteiger partial charge is 0.324 e. The SMILES string of the molecule is CCCC(N)c1cc(Cl)ccc1Br. The van der Waals surface area contributed by atoms with Gasteiger partial charge in [0.2, 0.25) is 0 Å². The van der Waals surface area contributed by atoms with E-state index in [-0.39, 0.29) is 6.04 Å². The molecule has 0 aliphatic carbocycles. The molecular formula is C10H13BrClN. The molecule has 0 saturated carbocycles. The first-order chi connectivity index (χ1) is 6.15. The number of rotatable bonds is 3. The highest BCUT2D eigenvalue weighted by Gasteiger charge is 2.08. The van der Waals surface area contributed by atoms with Gasteiger partial charge in [-0.2, -0.15) is 0 Å². The minimum Gasteiger partial charge on any atom is -0.324 e. The summed E-state index contributed by atoms with van der Waals surface area (Å²) in [5.74, 6) is 0. The summed E-state index contributed by atoms with van der Waals surface area (Å²) >= 11 is 9.35. The molecule has 0 bridgehead atoms. The Hall–Kier alpha value is -0.0500. The molecule has 0 aliphatic heterocycles. The van der Waals surface area contributed by atoms with E-state index < -0.39 is 0 Å². The summed E-state index contributed by atoms with van der Waals surface area (Å²) in [6.45, 7) is 2.12. The number of benzene rings is 1. The third kappa shape index (κ3) is 2.97. The molecule has 0 heterocycles. The van der Waals surface area contributed by atoms with Crippen molar-refractivity contribution in [3.63, 3.8) is 0 Å². The van der Waals surface area contributed by atoms with Crippen LogP contribution in [0.3, 0.4) is 0 Å². The summed E-state index contributed by atoms with van der Waals surface area (Å²) in [7, 11) is 0. The molecule has 0 amide bonds. The van der Waals surface area contributed by atoms with Gasteiger partial charge in [0, 0.05) is 15.5 Å². The van der Waals surface area contributed by atoms with E-state index in [1.165, 1.54) is 0 Å². The van der Waals surface area contributed by atoms with Crippen LogP contribution >= 0.6 is 27.5 Å². The summed E-state index contributed by atoms with van der Waals surface area (Å²) in [5, 5.41) is 0.741. The number of halogens is 2. The standard InChI is InChI=1S/C10H13BrClN/c1-2-3-10(13)8-6-7(12)4-5-9(8)11/h4-6,10H,2-3,13H2,1H3. The summed E-state index contributed by atoms with van der Waals surface area (Å²) < 4.78 is 1.04. The lowest BCUT2D eigenvalue weighted by atomic mass is 10.0. The zero-order chi connectivity index (χ0) is 9.84. The van der Waals surface area contributed by atoms with E-state index in [4.69, 9.17) is 17.3 Å². The molecule has 13 heavy (non-hydrogen) atoms. The van der Waals surface area contributed by atoms with Gasteiger partial charge in [0.25, 0.3) is 0 Å². The molecule has 2 N–H and O–H groups in total. The zero-order valence-corrected chi connectivity index (χ0v) is 9.90. The smallest absolute Gasteiger partial charge is 0.0410 e. The molecular weight excluding hydrogens is 249 g/mol. The summed E-state index contributed by atoms with van der Waals surface area (Å²) in [4.78, 5) is 0. The quantitative estimate of drug-likeness (QED) is 0.878. The van der Waals surface area contributed by atoms with Crippen LogP contribution in [0.15, 0.2) is 22.7 Å². The lowest BCUT2D eigenvalue weighted by molar-refractivity contribution is 0.636. The van der Waals surface area contributed by atoms with Gasteiger partial charge in [0.15, 0.2) is 0 Å². The normalized spacial score (nSPS) is 12.9. The van der Waals surface area contributed by atoms with E-state index >= 15 is 0 Å². The Morgan fingerprint density at radius 3 is 2.85 bits per heavy atom. The van der Waals surface area contributed by atoms with Crippen molar-refractivity contribution in [2.24, 2.45) is 5.73 Å². The van der Waals surface area contributed by atoms with Crippen molar-refractivity contribution in [3.05, 3.63) is 33.3 Å². The van der Waals surface area contributed by atoms with E-state index in [2.05, 4.69) is 22.9 Å². The van der Waals surface area contributed by atoms with Crippen LogP contribution in [0, 0.1) is 0 Å². The van der Waals surface area contributed by atoms with Crippen molar-refractivity contribution in [3.8, 4) is 0 Å². The minimum atomic E-state index is 0.0816. The summed E-state index contributed by atoms with van der Waals surface area (Å²) in [6.07, 6.45) is 2.07. The van der Waals surface area contributed by atoms with Gasteiger partial charge in [0.05, 0.1) is 0 Å². The molecule has 0 fully saturated rings. The minimum absolute atomic E-state index is 0.0816. The van der Waals surface area contributed by atoms with Crippen molar-refractivity contribution in [1.29, 1.82) is 0 Å². The first-order valence-corrected chi connectivity index (χ1v) is 5.52. The fraction of sp³-hybridized carbons (Fsp3) is 0.400. The monoisotopic (exact) mass is 261 g/mol. The zero-order valence-electron chi connectivity index (χ0n) is 7.56. The van der Waals surface area contributed by atoms with E-state index in [1.807, 2.05) is 18.2 Å². The Bertz CT molecular complexity index is 288. The van der Waals surface area contributed by atoms with Crippen LogP contribution < -0.4 is 5.73 Å². The average Bonchev–Trinajstić information content (AvgIpc) is 2.09. The lowest BCUT2D eigenvalue weighted by Gasteiger charge is -2.12. The third-order valence-electron chi connectivity index (χ3n) is 1.96. The topological polar surface area (TPSA) is 26.0 Å². The average molecular weight is 263 g/mol. The molecule has 0 saturated heterocycles. The summed E-state index contributed by atoms with van der Waals surface area (Å²) in [5.41, 5.74) is 7.08. The highest BCUT2D eigenvalue weighted by Crippen LogP contribution is 2.27. The van der Waals surface area contributed by atoms with E-state index in [9.17, 15) is 0 Å². The predicted molar refractivity (Wildman–Crippen MR) is 61.0 cm³/mol. The Balaban J connectivity index is 2.91. The first kappa shape index (κ1) is 11.0. The van der Waals surface area contributed by atoms with E-state index in [0.29, 0.717) is 0 Å². The van der Waals surface area contributed by atoms with Crippen LogP contribution in [0.5, 0.6) is 0 Å². The third-order valence-corrected chi connectivity index (χ3v) is 2.91. The molecule has 1 rings (SSSR count). The van der Waals surface area contributed by atoms with Gasteiger partial charge in [-0.15, -0.1) is 0 Å². The highest BCUT2D eigenvalue weighted by molar-refractivity contribution is 9.10. The van der Waals surface area contributed by atoms with Gasteiger partial charge in [0.1, 0.15) is 0 Å². The number of hydrogen-bond acceptors (Lipinski definition) is 1. The van der Waals surface area contributed by atoms with Gasteiger partial charge in [-0.25, -0.2) is 0 Å². The fourth-order valence-corrected chi connectivity index (χ4v) is 1.99. The maximum atomic E-state index is 5.99. The first-order valence-electron chi connectivity index (χ1n) is 4.35. The molecule has 1 unspecified atom stereocenters. The molecule has 1 atom stereocenters. The van der Waals surface area contributed by atoms with Crippen LogP contribution in [-0.2, 0) is 0 Å². The van der Waals surface area contributed by atoms with E-state index in [0.717, 1.165) is 27.9 Å². The molecule has 0 spiro atoms. The number of hydrogen-bond donors (Lipinski definition) is 1. The van der Waals surface area contributed by atoms with Crippen molar-refractivity contribution in [1.82, 2.24) is 0 Å². The molecule has 0 radical (unpaired) electrons. The van der Waals surface area contributed by atoms with Gasteiger partial charge in [-0.3, -0.25) is 0 Å². The Kier molecular flexibility index (Phi) is 4.23. The Morgan fingerprint density at radius 1 is 1.54 bits per heavy atom. The van der Waals surface area contributed by atoms with Crippen molar-refractivity contribution in [2.45, 2.75) is 25.8 Å². The fourth-order valence-electron chi connectivity index (χ4n) is 1.27. The maximum Gasteiger partial charge on any atom is 0.0410 e. The Labute approximate surface area is 92.4 Å². The second-order valence-corrected chi connectivity index (χ2v) is 4.35. The van der Waals surface area contributed by atoms with E-state index in [1.54, 1.807) is 0 Å². The van der Waals surface area contributed by atoms with Crippen molar-refractivity contribution < 1.29 is 0 Å². The molecule has 0 aliphatic rings. The highest BCUT2D eigenvalue weighted by atomic mass is 79.9. The lowest BCUT2D eigenvalue weighted by Crippen LogP contribution is -2.10. The van der Waals surface area contributed by atoms with Gasteiger partial charge >= 0.3 is 0 Å². The van der Waals surface area contributed by atoms with Gasteiger partial charge in [-0.05, 0) is 30.2 Å². The second-order valence-electron chi connectivity index (χ2n) is 3.06. The molecule has 1 aromatic carbocycles. The molecule has 1 nitrogen and oxygen atoms in total. The van der Waals surface area contributed by atoms with Crippen LogP contribution in [0.1, 0.15) is 31.4 Å². The van der Waals surface area contributed by atoms with Crippen molar-refractivity contribution in [2.75, 3.05) is 0 Å². The van der Waals surface area contributed by atoms with Gasteiger partial charge < -0.3 is 5.73 Å². The molecule has 1 aromatic rings.